The maximum Gasteiger partial charge on any atom is 0.161 e. The van der Waals surface area contributed by atoms with Gasteiger partial charge in [0.1, 0.15) is 11.6 Å². The smallest absolute Gasteiger partial charge is 0.161 e. The molecule has 0 bridgehead atoms. The summed E-state index contributed by atoms with van der Waals surface area (Å²) < 4.78 is 11.5. The Morgan fingerprint density at radius 1 is 1.00 bits per heavy atom. The Labute approximate surface area is 181 Å². The third kappa shape index (κ3) is 4.39. The van der Waals surface area contributed by atoms with Crippen LogP contribution in [0.1, 0.15) is 22.3 Å². The van der Waals surface area contributed by atoms with Crippen LogP contribution in [0.3, 0.4) is 0 Å². The number of ether oxygens (including phenoxy) is 2. The van der Waals surface area contributed by atoms with Gasteiger partial charge in [-0.25, -0.2) is 0 Å². The average molecular weight is 424 g/mol. The second-order valence-electron chi connectivity index (χ2n) is 6.99. The predicted molar refractivity (Wildman–Crippen MR) is 121 cm³/mol. The van der Waals surface area contributed by atoms with Gasteiger partial charge in [-0.3, -0.25) is 0 Å². The van der Waals surface area contributed by atoms with Crippen molar-refractivity contribution in [3.8, 4) is 11.5 Å². The molecular weight excluding hydrogens is 402 g/mol. The van der Waals surface area contributed by atoms with Gasteiger partial charge in [0, 0.05) is 29.2 Å². The fourth-order valence-electron chi connectivity index (χ4n) is 3.54. The summed E-state index contributed by atoms with van der Waals surface area (Å²) in [7, 11) is 1.64. The zero-order valence-corrected chi connectivity index (χ0v) is 17.8. The highest BCUT2D eigenvalue weighted by molar-refractivity contribution is 7.80. The van der Waals surface area contributed by atoms with E-state index in [1.165, 1.54) is 11.1 Å². The third-order valence-corrected chi connectivity index (χ3v) is 6.03. The fourth-order valence-corrected chi connectivity index (χ4v) is 4.02. The summed E-state index contributed by atoms with van der Waals surface area (Å²) in [5.74, 6) is 1.33. The number of halogens is 1. The quantitative estimate of drug-likeness (QED) is 0.493. The first-order valence-corrected chi connectivity index (χ1v) is 10.3. The Kier molecular flexibility index (Phi) is 6.02. The van der Waals surface area contributed by atoms with E-state index < -0.39 is 0 Å². The lowest BCUT2D eigenvalue weighted by Gasteiger charge is -2.31. The van der Waals surface area contributed by atoms with Crippen molar-refractivity contribution in [3.63, 3.8) is 0 Å². The van der Waals surface area contributed by atoms with Gasteiger partial charge in [-0.15, -0.1) is 0 Å². The molecule has 0 fully saturated rings. The van der Waals surface area contributed by atoms with Crippen molar-refractivity contribution in [2.75, 3.05) is 13.7 Å². The molecule has 0 spiro atoms. The van der Waals surface area contributed by atoms with Crippen LogP contribution in [0.5, 0.6) is 11.5 Å². The zero-order valence-electron chi connectivity index (χ0n) is 16.2. The van der Waals surface area contributed by atoms with Crippen LogP contribution in [-0.4, -0.2) is 23.5 Å². The normalized spacial score (nSPS) is 13.0. The molecule has 5 heteroatoms. The van der Waals surface area contributed by atoms with Crippen molar-refractivity contribution in [1.29, 1.82) is 0 Å². The van der Waals surface area contributed by atoms with Crippen LogP contribution in [-0.2, 0) is 19.6 Å². The maximum atomic E-state index is 6.22. The summed E-state index contributed by atoms with van der Waals surface area (Å²) in [6.07, 6.45) is 1.01. The SMILES string of the molecule is COc1cc(C(=S)N2CCc3ccccc3C2)ccc1OCc1ccccc1Cl. The highest BCUT2D eigenvalue weighted by atomic mass is 35.5. The number of hydrogen-bond donors (Lipinski definition) is 0. The molecule has 0 atom stereocenters. The molecular formula is C24H22ClNO2S. The molecule has 4 rings (SSSR count). The van der Waals surface area contributed by atoms with Gasteiger partial charge in [0.25, 0.3) is 0 Å². The molecule has 1 aliphatic rings. The van der Waals surface area contributed by atoms with Crippen LogP contribution < -0.4 is 9.47 Å². The van der Waals surface area contributed by atoms with Crippen molar-refractivity contribution in [2.24, 2.45) is 0 Å². The van der Waals surface area contributed by atoms with Crippen LogP contribution in [0.25, 0.3) is 0 Å². The molecule has 3 aromatic carbocycles. The van der Waals surface area contributed by atoms with Crippen molar-refractivity contribution < 1.29 is 9.47 Å². The van der Waals surface area contributed by atoms with Gasteiger partial charge in [0.2, 0.25) is 0 Å². The lowest BCUT2D eigenvalue weighted by atomic mass is 9.99. The first kappa shape index (κ1) is 19.7. The first-order chi connectivity index (χ1) is 14.2. The van der Waals surface area contributed by atoms with E-state index in [0.717, 1.165) is 35.6 Å². The monoisotopic (exact) mass is 423 g/mol. The van der Waals surface area contributed by atoms with Crippen LogP contribution in [0.15, 0.2) is 66.7 Å². The van der Waals surface area contributed by atoms with Crippen LogP contribution >= 0.6 is 23.8 Å². The second-order valence-corrected chi connectivity index (χ2v) is 7.79. The molecule has 0 aliphatic carbocycles. The Bertz CT molecular complexity index is 1040. The van der Waals surface area contributed by atoms with Gasteiger partial charge in [0.15, 0.2) is 11.5 Å². The summed E-state index contributed by atoms with van der Waals surface area (Å²) in [6.45, 7) is 2.13. The lowest BCUT2D eigenvalue weighted by Crippen LogP contribution is -2.35. The Morgan fingerprint density at radius 2 is 1.76 bits per heavy atom. The van der Waals surface area contributed by atoms with E-state index in [2.05, 4.69) is 29.2 Å². The molecule has 29 heavy (non-hydrogen) atoms. The predicted octanol–water partition coefficient (Wildman–Crippen LogP) is 5.66. The topological polar surface area (TPSA) is 21.7 Å². The van der Waals surface area contributed by atoms with E-state index in [1.807, 2.05) is 42.5 Å². The van der Waals surface area contributed by atoms with Gasteiger partial charge in [-0.2, -0.15) is 0 Å². The molecule has 0 radical (unpaired) electrons. The zero-order chi connectivity index (χ0) is 20.2. The molecule has 0 saturated carbocycles. The summed E-state index contributed by atoms with van der Waals surface area (Å²) in [6, 6.07) is 22.1. The summed E-state index contributed by atoms with van der Waals surface area (Å²) in [5, 5.41) is 0.689. The van der Waals surface area contributed by atoms with E-state index in [4.69, 9.17) is 33.3 Å². The highest BCUT2D eigenvalue weighted by Gasteiger charge is 2.20. The number of nitrogens with zero attached hydrogens (tertiary/aromatic N) is 1. The van der Waals surface area contributed by atoms with E-state index >= 15 is 0 Å². The summed E-state index contributed by atoms with van der Waals surface area (Å²) in [4.78, 5) is 3.08. The molecule has 0 unspecified atom stereocenters. The molecule has 0 saturated heterocycles. The molecule has 1 heterocycles. The van der Waals surface area contributed by atoms with E-state index in [0.29, 0.717) is 23.1 Å². The van der Waals surface area contributed by atoms with Gasteiger partial charge < -0.3 is 14.4 Å². The third-order valence-electron chi connectivity index (χ3n) is 5.17. The van der Waals surface area contributed by atoms with Crippen molar-refractivity contribution in [1.82, 2.24) is 4.90 Å². The minimum absolute atomic E-state index is 0.378. The average Bonchev–Trinajstić information content (AvgIpc) is 2.77. The van der Waals surface area contributed by atoms with Crippen LogP contribution in [0.4, 0.5) is 0 Å². The maximum absolute atomic E-state index is 6.22. The fraction of sp³-hybridized carbons (Fsp3) is 0.208. The molecule has 0 N–H and O–H groups in total. The molecule has 0 amide bonds. The second kappa shape index (κ2) is 8.85. The van der Waals surface area contributed by atoms with E-state index in [9.17, 15) is 0 Å². The van der Waals surface area contributed by atoms with Gasteiger partial charge in [0.05, 0.1) is 7.11 Å². The van der Waals surface area contributed by atoms with Crippen LogP contribution in [0.2, 0.25) is 5.02 Å². The number of rotatable bonds is 5. The molecule has 3 aromatic rings. The van der Waals surface area contributed by atoms with Gasteiger partial charge in [-0.1, -0.05) is 66.3 Å². The van der Waals surface area contributed by atoms with E-state index in [1.54, 1.807) is 7.11 Å². The standard InChI is InChI=1S/C24H22ClNO2S/c1-27-23-14-18(10-11-22(23)28-16-20-8-4-5-9-21(20)25)24(29)26-13-12-17-6-2-3-7-19(17)15-26/h2-11,14H,12-13,15-16H2,1H3. The first-order valence-electron chi connectivity index (χ1n) is 9.56. The van der Waals surface area contributed by atoms with E-state index in [-0.39, 0.29) is 0 Å². The number of fused-ring (bicyclic) bond motifs is 1. The van der Waals surface area contributed by atoms with Crippen molar-refractivity contribution >= 4 is 28.8 Å². The highest BCUT2D eigenvalue weighted by Crippen LogP contribution is 2.31. The molecule has 1 aliphatic heterocycles. The van der Waals surface area contributed by atoms with Crippen molar-refractivity contribution in [3.05, 3.63) is 94.0 Å². The number of methoxy groups -OCH3 is 1. The molecule has 3 nitrogen and oxygen atoms in total. The summed E-state index contributed by atoms with van der Waals surface area (Å²) >= 11 is 12.0. The largest absolute Gasteiger partial charge is 0.493 e. The Hall–Kier alpha value is -2.56. The molecule has 148 valence electrons. The van der Waals surface area contributed by atoms with Gasteiger partial charge >= 0.3 is 0 Å². The van der Waals surface area contributed by atoms with Crippen LogP contribution in [0, 0.1) is 0 Å². The number of thiocarbonyl (C=S) groups is 1. The number of hydrogen-bond acceptors (Lipinski definition) is 3. The Balaban J connectivity index is 1.49. The summed E-state index contributed by atoms with van der Waals surface area (Å²) in [5.41, 5.74) is 4.64. The Morgan fingerprint density at radius 3 is 2.55 bits per heavy atom. The minimum Gasteiger partial charge on any atom is -0.493 e. The lowest BCUT2D eigenvalue weighted by molar-refractivity contribution is 0.284. The van der Waals surface area contributed by atoms with Gasteiger partial charge in [-0.05, 0) is 41.8 Å². The molecule has 0 aromatic heterocycles. The minimum atomic E-state index is 0.378. The van der Waals surface area contributed by atoms with Crippen molar-refractivity contribution in [2.45, 2.75) is 19.6 Å². The number of benzene rings is 3.